The molecule has 118 valence electrons. The lowest BCUT2D eigenvalue weighted by molar-refractivity contribution is 0.0311. The number of benzene rings is 2. The van der Waals surface area contributed by atoms with E-state index in [4.69, 9.17) is 9.47 Å². The highest BCUT2D eigenvalue weighted by Gasteiger charge is 2.26. The molecule has 23 heavy (non-hydrogen) atoms. The Kier molecular flexibility index (Phi) is 3.77. The van der Waals surface area contributed by atoms with Crippen LogP contribution in [0.3, 0.4) is 0 Å². The molecule has 0 radical (unpaired) electrons. The largest absolute Gasteiger partial charge is 0.440 e. The van der Waals surface area contributed by atoms with E-state index in [1.54, 1.807) is 6.08 Å². The molecule has 1 fully saturated rings. The van der Waals surface area contributed by atoms with Crippen LogP contribution in [0.4, 0.5) is 0 Å². The van der Waals surface area contributed by atoms with Gasteiger partial charge in [0.25, 0.3) is 0 Å². The quantitative estimate of drug-likeness (QED) is 0.926. The van der Waals surface area contributed by atoms with Crippen LogP contribution in [-0.4, -0.2) is 36.3 Å². The number of morpholine rings is 1. The van der Waals surface area contributed by atoms with Gasteiger partial charge in [-0.15, -0.1) is 0 Å². The van der Waals surface area contributed by atoms with Crippen LogP contribution in [0.5, 0.6) is 5.75 Å². The van der Waals surface area contributed by atoms with Crippen molar-refractivity contribution in [3.05, 3.63) is 66.1 Å². The number of hydrogen-bond donors (Lipinski definition) is 1. The second-order valence-electron chi connectivity index (χ2n) is 5.74. The first-order valence-corrected chi connectivity index (χ1v) is 7.92. The van der Waals surface area contributed by atoms with Gasteiger partial charge >= 0.3 is 0 Å². The predicted octanol–water partition coefficient (Wildman–Crippen LogP) is 2.95. The smallest absolute Gasteiger partial charge is 0.195 e. The van der Waals surface area contributed by atoms with Crippen molar-refractivity contribution >= 4 is 0 Å². The highest BCUT2D eigenvalue weighted by atomic mass is 16.5. The molecule has 2 aliphatic heterocycles. The molecular weight excluding hydrogens is 290 g/mol. The topological polar surface area (TPSA) is 41.9 Å². The molecule has 2 aromatic carbocycles. The van der Waals surface area contributed by atoms with E-state index >= 15 is 0 Å². The van der Waals surface area contributed by atoms with Crippen LogP contribution in [0, 0.1) is 0 Å². The Morgan fingerprint density at radius 1 is 0.957 bits per heavy atom. The van der Waals surface area contributed by atoms with E-state index in [2.05, 4.69) is 17.0 Å². The van der Waals surface area contributed by atoms with Gasteiger partial charge in [0.05, 0.1) is 13.2 Å². The molecule has 1 N–H and O–H groups in total. The third kappa shape index (κ3) is 2.71. The lowest BCUT2D eigenvalue weighted by Gasteiger charge is -2.34. The Morgan fingerprint density at radius 2 is 1.74 bits per heavy atom. The molecule has 1 unspecified atom stereocenters. The Morgan fingerprint density at radius 3 is 2.52 bits per heavy atom. The Labute approximate surface area is 135 Å². The molecule has 1 saturated heterocycles. The number of nitrogens with zero attached hydrogens (tertiary/aromatic N) is 1. The molecule has 4 heteroatoms. The van der Waals surface area contributed by atoms with Crippen LogP contribution in [0.15, 0.2) is 60.5 Å². The van der Waals surface area contributed by atoms with Gasteiger partial charge in [-0.3, -0.25) is 0 Å². The summed E-state index contributed by atoms with van der Waals surface area (Å²) in [5.74, 6) is 1.46. The Balaban J connectivity index is 1.73. The van der Waals surface area contributed by atoms with Gasteiger partial charge in [0.2, 0.25) is 0 Å². The summed E-state index contributed by atoms with van der Waals surface area (Å²) in [6.45, 7) is 2.93. The molecule has 0 bridgehead atoms. The molecule has 0 saturated carbocycles. The normalized spacial score (nSPS) is 20.5. The predicted molar refractivity (Wildman–Crippen MR) is 87.9 cm³/mol. The molecule has 4 rings (SSSR count). The maximum Gasteiger partial charge on any atom is 0.195 e. The lowest BCUT2D eigenvalue weighted by atomic mass is 9.97. The van der Waals surface area contributed by atoms with E-state index in [9.17, 15) is 5.11 Å². The summed E-state index contributed by atoms with van der Waals surface area (Å²) in [5.41, 5.74) is 2.89. The minimum atomic E-state index is -0.653. The first-order valence-electron chi connectivity index (χ1n) is 7.92. The average Bonchev–Trinajstić information content (AvgIpc) is 2.63. The highest BCUT2D eigenvalue weighted by Crippen LogP contribution is 2.41. The average molecular weight is 309 g/mol. The van der Waals surface area contributed by atoms with Crippen LogP contribution in [0.1, 0.15) is 11.7 Å². The molecule has 0 amide bonds. The van der Waals surface area contributed by atoms with Gasteiger partial charge in [-0.05, 0) is 5.56 Å². The highest BCUT2D eigenvalue weighted by molar-refractivity contribution is 5.73. The zero-order valence-corrected chi connectivity index (χ0v) is 12.8. The van der Waals surface area contributed by atoms with Crippen molar-refractivity contribution in [3.8, 4) is 16.9 Å². The third-order valence-electron chi connectivity index (χ3n) is 4.28. The number of aliphatic hydroxyl groups excluding tert-OH is 1. The van der Waals surface area contributed by atoms with Crippen LogP contribution < -0.4 is 4.74 Å². The van der Waals surface area contributed by atoms with Crippen molar-refractivity contribution in [1.29, 1.82) is 0 Å². The van der Waals surface area contributed by atoms with E-state index < -0.39 is 6.10 Å². The number of ether oxygens (including phenoxy) is 2. The fourth-order valence-corrected chi connectivity index (χ4v) is 3.06. The van der Waals surface area contributed by atoms with Crippen LogP contribution in [0.2, 0.25) is 0 Å². The van der Waals surface area contributed by atoms with Crippen molar-refractivity contribution in [2.45, 2.75) is 6.10 Å². The van der Waals surface area contributed by atoms with E-state index in [1.807, 2.05) is 36.4 Å². The van der Waals surface area contributed by atoms with E-state index in [0.29, 0.717) is 13.2 Å². The van der Waals surface area contributed by atoms with Gasteiger partial charge in [0.1, 0.15) is 11.9 Å². The number of rotatable bonds is 2. The molecular formula is C19H19NO3. The maximum atomic E-state index is 10.5. The standard InChI is InChI=1S/C19H19NO3/c21-17-13-18(20-9-11-22-12-10-20)23-19-15(7-4-8-16(17)19)14-5-2-1-3-6-14/h1-8,13,17,21H,9-12H2. The minimum Gasteiger partial charge on any atom is -0.440 e. The van der Waals surface area contributed by atoms with Crippen LogP contribution in [-0.2, 0) is 4.74 Å². The molecule has 0 aliphatic carbocycles. The van der Waals surface area contributed by atoms with Gasteiger partial charge in [0, 0.05) is 30.3 Å². The first-order chi connectivity index (χ1) is 11.3. The van der Waals surface area contributed by atoms with Gasteiger partial charge in [-0.1, -0.05) is 48.5 Å². The van der Waals surface area contributed by atoms with Crippen LogP contribution >= 0.6 is 0 Å². The fourth-order valence-electron chi connectivity index (χ4n) is 3.06. The first kappa shape index (κ1) is 14.3. The Hall–Kier alpha value is -2.30. The summed E-state index contributed by atoms with van der Waals surface area (Å²) < 4.78 is 11.6. The molecule has 0 spiro atoms. The summed E-state index contributed by atoms with van der Waals surface area (Å²) in [7, 11) is 0. The van der Waals surface area contributed by atoms with Gasteiger partial charge < -0.3 is 19.5 Å². The molecule has 2 aliphatic rings. The summed E-state index contributed by atoms with van der Waals surface area (Å²) >= 11 is 0. The molecule has 4 nitrogen and oxygen atoms in total. The number of aliphatic hydroxyl groups is 1. The van der Waals surface area contributed by atoms with Crippen LogP contribution in [0.25, 0.3) is 11.1 Å². The van der Waals surface area contributed by atoms with Crippen molar-refractivity contribution in [1.82, 2.24) is 4.90 Å². The van der Waals surface area contributed by atoms with E-state index in [1.165, 1.54) is 0 Å². The van der Waals surface area contributed by atoms with Gasteiger partial charge in [-0.2, -0.15) is 0 Å². The molecule has 0 aromatic heterocycles. The van der Waals surface area contributed by atoms with Gasteiger partial charge in [-0.25, -0.2) is 0 Å². The summed E-state index contributed by atoms with van der Waals surface area (Å²) in [6.07, 6.45) is 1.13. The van der Waals surface area contributed by atoms with E-state index in [0.717, 1.165) is 41.4 Å². The second-order valence-corrected chi connectivity index (χ2v) is 5.74. The van der Waals surface area contributed by atoms with Crippen molar-refractivity contribution in [2.75, 3.05) is 26.3 Å². The zero-order chi connectivity index (χ0) is 15.6. The SMILES string of the molecule is OC1C=C(N2CCOCC2)Oc2c(-c3ccccc3)cccc21. The maximum absolute atomic E-state index is 10.5. The summed E-state index contributed by atoms with van der Waals surface area (Å²) in [4.78, 5) is 2.12. The van der Waals surface area contributed by atoms with Crippen molar-refractivity contribution < 1.29 is 14.6 Å². The van der Waals surface area contributed by atoms with Crippen molar-refractivity contribution in [2.24, 2.45) is 0 Å². The third-order valence-corrected chi connectivity index (χ3v) is 4.28. The number of para-hydroxylation sites is 1. The minimum absolute atomic E-state index is 0.653. The summed E-state index contributed by atoms with van der Waals surface area (Å²) in [5, 5.41) is 10.5. The monoisotopic (exact) mass is 309 g/mol. The zero-order valence-electron chi connectivity index (χ0n) is 12.8. The molecule has 2 heterocycles. The van der Waals surface area contributed by atoms with Crippen molar-refractivity contribution in [3.63, 3.8) is 0 Å². The second kappa shape index (κ2) is 6.07. The number of hydrogen-bond acceptors (Lipinski definition) is 4. The molecule has 1 atom stereocenters. The fraction of sp³-hybridized carbons (Fsp3) is 0.263. The molecule has 2 aromatic rings. The Bertz CT molecular complexity index is 721. The van der Waals surface area contributed by atoms with E-state index in [-0.39, 0.29) is 0 Å². The lowest BCUT2D eigenvalue weighted by Crippen LogP contribution is -2.38. The summed E-state index contributed by atoms with van der Waals surface area (Å²) in [6, 6.07) is 16.0. The number of fused-ring (bicyclic) bond motifs is 1. The van der Waals surface area contributed by atoms with Gasteiger partial charge in [0.15, 0.2) is 5.88 Å².